The number of thioether (sulfide) groups is 1. The van der Waals surface area contributed by atoms with Gasteiger partial charge in [-0.25, -0.2) is 4.98 Å². The highest BCUT2D eigenvalue weighted by molar-refractivity contribution is 7.99. The maximum absolute atomic E-state index is 14.4. The minimum absolute atomic E-state index is 0.0445. The summed E-state index contributed by atoms with van der Waals surface area (Å²) in [6, 6.07) is 10.7. The first-order valence-corrected chi connectivity index (χ1v) is 12.8. The lowest BCUT2D eigenvalue weighted by molar-refractivity contribution is -0.0710. The molecule has 168 valence electrons. The van der Waals surface area contributed by atoms with Crippen LogP contribution in [0.15, 0.2) is 34.2 Å². The average Bonchev–Trinajstić information content (AvgIpc) is 2.77. The molecule has 0 bridgehead atoms. The molecule has 1 aromatic carbocycles. The van der Waals surface area contributed by atoms with Crippen LogP contribution in [0.5, 0.6) is 0 Å². The zero-order valence-corrected chi connectivity index (χ0v) is 19.8. The SMILES string of the molecule is CC1(C)C[C@H](n2c(SCC#N)nc3c(c2=O)C2(CCCCC2)Cc2ccccc2-3)CCO1. The Labute approximate surface area is 194 Å². The van der Waals surface area contributed by atoms with Crippen molar-refractivity contribution < 1.29 is 4.74 Å². The van der Waals surface area contributed by atoms with E-state index in [1.54, 1.807) is 0 Å². The van der Waals surface area contributed by atoms with E-state index in [1.165, 1.54) is 23.7 Å². The van der Waals surface area contributed by atoms with E-state index in [1.807, 2.05) is 10.6 Å². The third kappa shape index (κ3) is 3.70. The predicted octanol–water partition coefficient (Wildman–Crippen LogP) is 5.41. The van der Waals surface area contributed by atoms with Crippen LogP contribution in [-0.4, -0.2) is 27.5 Å². The number of hydrogen-bond acceptors (Lipinski definition) is 5. The fourth-order valence-electron chi connectivity index (χ4n) is 6.14. The second-order valence-electron chi connectivity index (χ2n) is 10.2. The molecule has 1 aromatic heterocycles. The first-order chi connectivity index (χ1) is 15.4. The highest BCUT2D eigenvalue weighted by atomic mass is 32.2. The molecule has 2 heterocycles. The van der Waals surface area contributed by atoms with Gasteiger partial charge in [-0.1, -0.05) is 55.3 Å². The molecule has 2 aliphatic carbocycles. The number of benzene rings is 1. The molecule has 0 unspecified atom stereocenters. The van der Waals surface area contributed by atoms with Gasteiger partial charge in [0.05, 0.1) is 28.7 Å². The van der Waals surface area contributed by atoms with Crippen molar-refractivity contribution in [2.75, 3.05) is 12.4 Å². The van der Waals surface area contributed by atoms with E-state index in [9.17, 15) is 10.1 Å². The van der Waals surface area contributed by atoms with E-state index in [4.69, 9.17) is 9.72 Å². The Bertz CT molecular complexity index is 1120. The normalized spacial score (nSPS) is 23.2. The van der Waals surface area contributed by atoms with Gasteiger partial charge in [0, 0.05) is 23.6 Å². The number of hydrogen-bond donors (Lipinski definition) is 0. The maximum atomic E-state index is 14.4. The molecule has 5 nitrogen and oxygen atoms in total. The van der Waals surface area contributed by atoms with Gasteiger partial charge in [-0.3, -0.25) is 9.36 Å². The van der Waals surface area contributed by atoms with Crippen molar-refractivity contribution in [2.45, 2.75) is 87.4 Å². The molecule has 3 aliphatic rings. The van der Waals surface area contributed by atoms with E-state index < -0.39 is 0 Å². The van der Waals surface area contributed by atoms with Crippen LogP contribution in [-0.2, 0) is 16.6 Å². The number of fused-ring (bicyclic) bond motifs is 4. The van der Waals surface area contributed by atoms with Gasteiger partial charge in [0.25, 0.3) is 5.56 Å². The fourth-order valence-corrected chi connectivity index (χ4v) is 6.86. The monoisotopic (exact) mass is 449 g/mol. The second kappa shape index (κ2) is 8.35. The Hall–Kier alpha value is -2.10. The van der Waals surface area contributed by atoms with Gasteiger partial charge in [-0.2, -0.15) is 5.26 Å². The van der Waals surface area contributed by atoms with Crippen LogP contribution >= 0.6 is 11.8 Å². The first kappa shape index (κ1) is 21.7. The van der Waals surface area contributed by atoms with Crippen LogP contribution in [0.4, 0.5) is 0 Å². The second-order valence-corrected chi connectivity index (χ2v) is 11.1. The smallest absolute Gasteiger partial charge is 0.258 e. The lowest BCUT2D eigenvalue weighted by atomic mass is 9.62. The Kier molecular flexibility index (Phi) is 5.67. The van der Waals surface area contributed by atoms with E-state index in [2.05, 4.69) is 38.1 Å². The summed E-state index contributed by atoms with van der Waals surface area (Å²) in [7, 11) is 0. The maximum Gasteiger partial charge on any atom is 0.258 e. The van der Waals surface area contributed by atoms with Gasteiger partial charge in [0.2, 0.25) is 0 Å². The third-order valence-corrected chi connectivity index (χ3v) is 8.35. The van der Waals surface area contributed by atoms with Crippen molar-refractivity contribution in [2.24, 2.45) is 0 Å². The van der Waals surface area contributed by atoms with Crippen molar-refractivity contribution in [1.82, 2.24) is 9.55 Å². The van der Waals surface area contributed by atoms with Gasteiger partial charge in [0.1, 0.15) is 0 Å². The molecule has 5 rings (SSSR count). The standard InChI is InChI=1S/C26H31N3O2S/c1-25(2)17-19(10-14-31-25)29-23(30)21-22(28-24(29)32-15-13-27)20-9-5-4-8-18(20)16-26(21)11-6-3-7-12-26/h4-5,8-9,19H,3,6-7,10-12,14-17H2,1-2H3/t19-/m1/s1. The minimum Gasteiger partial charge on any atom is -0.375 e. The number of nitrogens with zero attached hydrogens (tertiary/aromatic N) is 3. The number of ether oxygens (including phenoxy) is 1. The molecule has 0 radical (unpaired) electrons. The Morgan fingerprint density at radius 3 is 2.78 bits per heavy atom. The van der Waals surface area contributed by atoms with Crippen molar-refractivity contribution in [3.05, 3.63) is 45.7 Å². The molecule has 32 heavy (non-hydrogen) atoms. The molecule has 2 fully saturated rings. The lowest BCUT2D eigenvalue weighted by Crippen LogP contribution is -2.45. The van der Waals surface area contributed by atoms with E-state index in [0.29, 0.717) is 11.8 Å². The van der Waals surface area contributed by atoms with E-state index in [-0.39, 0.29) is 28.4 Å². The molecule has 2 aromatic rings. The van der Waals surface area contributed by atoms with Crippen molar-refractivity contribution in [1.29, 1.82) is 5.26 Å². The van der Waals surface area contributed by atoms with Gasteiger partial charge in [0.15, 0.2) is 5.16 Å². The summed E-state index contributed by atoms with van der Waals surface area (Å²) in [4.78, 5) is 19.5. The largest absolute Gasteiger partial charge is 0.375 e. The topological polar surface area (TPSA) is 67.9 Å². The fraction of sp³-hybridized carbons (Fsp3) is 0.577. The van der Waals surface area contributed by atoms with E-state index in [0.717, 1.165) is 61.8 Å². The molecule has 1 saturated heterocycles. The van der Waals surface area contributed by atoms with Gasteiger partial charge in [-0.05, 0) is 51.5 Å². The molecule has 6 heteroatoms. The van der Waals surface area contributed by atoms with Crippen LogP contribution in [0.25, 0.3) is 11.3 Å². The van der Waals surface area contributed by atoms with Crippen molar-refractivity contribution in [3.63, 3.8) is 0 Å². The third-order valence-electron chi connectivity index (χ3n) is 7.53. The molecule has 1 aliphatic heterocycles. The molecule has 1 atom stereocenters. The predicted molar refractivity (Wildman–Crippen MR) is 127 cm³/mol. The summed E-state index contributed by atoms with van der Waals surface area (Å²) in [6.07, 6.45) is 8.17. The van der Waals surface area contributed by atoms with Gasteiger partial charge in [-0.15, -0.1) is 0 Å². The quantitative estimate of drug-likeness (QED) is 0.463. The van der Waals surface area contributed by atoms with Gasteiger partial charge < -0.3 is 4.74 Å². The summed E-state index contributed by atoms with van der Waals surface area (Å²) in [5.74, 6) is 0.282. The Morgan fingerprint density at radius 2 is 2.03 bits per heavy atom. The highest BCUT2D eigenvalue weighted by Crippen LogP contribution is 2.49. The Balaban J connectivity index is 1.75. The zero-order chi connectivity index (χ0) is 22.3. The van der Waals surface area contributed by atoms with Crippen LogP contribution < -0.4 is 5.56 Å². The zero-order valence-electron chi connectivity index (χ0n) is 19.0. The average molecular weight is 450 g/mol. The van der Waals surface area contributed by atoms with Gasteiger partial charge >= 0.3 is 0 Å². The molecule has 1 saturated carbocycles. The lowest BCUT2D eigenvalue weighted by Gasteiger charge is -2.43. The van der Waals surface area contributed by atoms with Crippen LogP contribution in [0.3, 0.4) is 0 Å². The highest BCUT2D eigenvalue weighted by Gasteiger charge is 2.44. The number of nitriles is 1. The van der Waals surface area contributed by atoms with Crippen molar-refractivity contribution in [3.8, 4) is 17.3 Å². The van der Waals surface area contributed by atoms with Crippen LogP contribution in [0.1, 0.15) is 76.0 Å². The molecule has 0 amide bonds. The first-order valence-electron chi connectivity index (χ1n) is 11.8. The summed E-state index contributed by atoms with van der Waals surface area (Å²) >= 11 is 1.39. The number of aromatic nitrogens is 2. The molecule has 1 spiro atoms. The van der Waals surface area contributed by atoms with Crippen LogP contribution in [0, 0.1) is 11.3 Å². The van der Waals surface area contributed by atoms with E-state index >= 15 is 0 Å². The Morgan fingerprint density at radius 1 is 1.25 bits per heavy atom. The summed E-state index contributed by atoms with van der Waals surface area (Å²) in [5.41, 5.74) is 3.92. The van der Waals surface area contributed by atoms with Crippen LogP contribution in [0.2, 0.25) is 0 Å². The number of rotatable bonds is 3. The van der Waals surface area contributed by atoms with Crippen molar-refractivity contribution >= 4 is 11.8 Å². The summed E-state index contributed by atoms with van der Waals surface area (Å²) < 4.78 is 7.89. The molecular formula is C26H31N3O2S. The summed E-state index contributed by atoms with van der Waals surface area (Å²) in [6.45, 7) is 4.82. The minimum atomic E-state index is -0.273. The molecule has 0 N–H and O–H groups in total. The summed E-state index contributed by atoms with van der Waals surface area (Å²) in [5, 5.41) is 9.95. The molecular weight excluding hydrogens is 418 g/mol.